The summed E-state index contributed by atoms with van der Waals surface area (Å²) in [6, 6.07) is 0.125. The number of carbonyl (C=O) groups is 2. The topological polar surface area (TPSA) is 65.1 Å². The quantitative estimate of drug-likeness (QED) is 0.691. The van der Waals surface area contributed by atoms with Crippen molar-refractivity contribution in [1.29, 1.82) is 0 Å². The Morgan fingerprint density at radius 2 is 1.76 bits per heavy atom. The molecule has 1 atom stereocenters. The summed E-state index contributed by atoms with van der Waals surface area (Å²) in [6.45, 7) is 5.09. The Kier molecular flexibility index (Phi) is 5.96. The number of nitrogens with one attached hydrogen (secondary N) is 1. The molecule has 7 heteroatoms. The summed E-state index contributed by atoms with van der Waals surface area (Å²) in [5, 5.41) is 3.30. The highest BCUT2D eigenvalue weighted by Crippen LogP contribution is 2.07. The van der Waals surface area contributed by atoms with Crippen LogP contribution in [0.15, 0.2) is 0 Å². The Hall–Kier alpha value is -1.18. The normalized spacial score (nSPS) is 23.5. The number of carbonyl (C=O) groups excluding carboxylic acids is 2. The lowest BCUT2D eigenvalue weighted by Crippen LogP contribution is -2.53. The molecule has 0 aromatic carbocycles. The first-order chi connectivity index (χ1) is 10.1. The third-order valence-corrected chi connectivity index (χ3v) is 3.86. The number of amides is 2. The number of nitrogens with zero attached hydrogens (tertiary/aromatic N) is 3. The average molecular weight is 298 g/mol. The zero-order valence-electron chi connectivity index (χ0n) is 13.0. The number of ether oxygens (including phenoxy) is 1. The van der Waals surface area contributed by atoms with Crippen LogP contribution < -0.4 is 5.32 Å². The monoisotopic (exact) mass is 298 g/mol. The maximum Gasteiger partial charge on any atom is 0.236 e. The van der Waals surface area contributed by atoms with Gasteiger partial charge in [0.05, 0.1) is 19.8 Å². The summed E-state index contributed by atoms with van der Waals surface area (Å²) in [6.07, 6.45) is 0.478. The Morgan fingerprint density at radius 3 is 2.29 bits per heavy atom. The van der Waals surface area contributed by atoms with Gasteiger partial charge in [-0.2, -0.15) is 0 Å². The molecule has 21 heavy (non-hydrogen) atoms. The largest absolute Gasteiger partial charge is 0.378 e. The molecule has 0 saturated carbocycles. The molecule has 2 heterocycles. The number of hydrogen-bond acceptors (Lipinski definition) is 5. The molecular formula is C14H26N4O3. The van der Waals surface area contributed by atoms with Crippen LogP contribution in [0.2, 0.25) is 0 Å². The SMILES string of the molecule is CN(C)CC(=O)N1CCN(C(=O)CC2COCCN2)CC1. The van der Waals surface area contributed by atoms with E-state index in [-0.39, 0.29) is 17.9 Å². The van der Waals surface area contributed by atoms with Crippen LogP contribution in [0.25, 0.3) is 0 Å². The molecule has 1 N–H and O–H groups in total. The van der Waals surface area contributed by atoms with Crippen LogP contribution in [-0.2, 0) is 14.3 Å². The molecule has 2 saturated heterocycles. The fourth-order valence-electron chi connectivity index (χ4n) is 2.67. The van der Waals surface area contributed by atoms with Crippen molar-refractivity contribution in [3.8, 4) is 0 Å². The summed E-state index contributed by atoms with van der Waals surface area (Å²) < 4.78 is 5.36. The minimum absolute atomic E-state index is 0.125. The molecule has 0 bridgehead atoms. The third-order valence-electron chi connectivity index (χ3n) is 3.86. The predicted octanol–water partition coefficient (Wildman–Crippen LogP) is -1.40. The van der Waals surface area contributed by atoms with Gasteiger partial charge in [0.15, 0.2) is 0 Å². The van der Waals surface area contributed by atoms with E-state index in [2.05, 4.69) is 5.32 Å². The second-order valence-electron chi connectivity index (χ2n) is 5.93. The second-order valence-corrected chi connectivity index (χ2v) is 5.93. The standard InChI is InChI=1S/C14H26N4O3/c1-16(2)10-14(20)18-6-4-17(5-7-18)13(19)9-12-11-21-8-3-15-12/h12,15H,3-11H2,1-2H3. The lowest BCUT2D eigenvalue weighted by Gasteiger charge is -2.36. The molecule has 2 fully saturated rings. The van der Waals surface area contributed by atoms with Gasteiger partial charge in [-0.1, -0.05) is 0 Å². The highest BCUT2D eigenvalue weighted by molar-refractivity contribution is 5.80. The van der Waals surface area contributed by atoms with Gasteiger partial charge in [-0.15, -0.1) is 0 Å². The molecule has 0 spiro atoms. The Labute approximate surface area is 126 Å². The van der Waals surface area contributed by atoms with Gasteiger partial charge in [-0.25, -0.2) is 0 Å². The number of morpholine rings is 1. The van der Waals surface area contributed by atoms with Gasteiger partial charge in [0.2, 0.25) is 11.8 Å². The first-order valence-corrected chi connectivity index (χ1v) is 7.57. The van der Waals surface area contributed by atoms with Crippen LogP contribution in [0.5, 0.6) is 0 Å². The van der Waals surface area contributed by atoms with Crippen LogP contribution in [-0.4, -0.2) is 99.1 Å². The summed E-state index contributed by atoms with van der Waals surface area (Å²) in [4.78, 5) is 29.8. The van der Waals surface area contributed by atoms with Gasteiger partial charge in [-0.3, -0.25) is 9.59 Å². The predicted molar refractivity (Wildman–Crippen MR) is 78.9 cm³/mol. The van der Waals surface area contributed by atoms with Crippen LogP contribution in [0.4, 0.5) is 0 Å². The van der Waals surface area contributed by atoms with E-state index in [0.717, 1.165) is 13.2 Å². The first kappa shape index (κ1) is 16.2. The van der Waals surface area contributed by atoms with E-state index in [1.807, 2.05) is 28.8 Å². The van der Waals surface area contributed by atoms with Crippen LogP contribution in [0.3, 0.4) is 0 Å². The van der Waals surface area contributed by atoms with Crippen molar-refractivity contribution in [1.82, 2.24) is 20.0 Å². The molecule has 2 amide bonds. The lowest BCUT2D eigenvalue weighted by molar-refractivity contribution is -0.140. The van der Waals surface area contributed by atoms with E-state index in [9.17, 15) is 9.59 Å². The van der Waals surface area contributed by atoms with Crippen molar-refractivity contribution >= 4 is 11.8 Å². The van der Waals surface area contributed by atoms with E-state index >= 15 is 0 Å². The van der Waals surface area contributed by atoms with Crippen molar-refractivity contribution < 1.29 is 14.3 Å². The molecule has 7 nitrogen and oxygen atoms in total. The molecule has 0 radical (unpaired) electrons. The van der Waals surface area contributed by atoms with Gasteiger partial charge in [-0.05, 0) is 14.1 Å². The number of piperazine rings is 1. The van der Waals surface area contributed by atoms with Crippen molar-refractivity contribution in [2.45, 2.75) is 12.5 Å². The number of hydrogen-bond donors (Lipinski definition) is 1. The van der Waals surface area contributed by atoms with Gasteiger partial charge in [0.1, 0.15) is 0 Å². The highest BCUT2D eigenvalue weighted by atomic mass is 16.5. The van der Waals surface area contributed by atoms with Crippen molar-refractivity contribution in [2.75, 3.05) is 66.6 Å². The minimum atomic E-state index is 0.125. The lowest BCUT2D eigenvalue weighted by atomic mass is 10.1. The molecule has 2 rings (SSSR count). The maximum absolute atomic E-state index is 12.2. The Balaban J connectivity index is 1.72. The Bertz CT molecular complexity index is 361. The van der Waals surface area contributed by atoms with Crippen molar-refractivity contribution in [2.24, 2.45) is 0 Å². The summed E-state index contributed by atoms with van der Waals surface area (Å²) in [5.41, 5.74) is 0. The maximum atomic E-state index is 12.2. The van der Waals surface area contributed by atoms with Gasteiger partial charge in [0, 0.05) is 45.2 Å². The zero-order valence-corrected chi connectivity index (χ0v) is 13.0. The van der Waals surface area contributed by atoms with E-state index in [4.69, 9.17) is 4.74 Å². The van der Waals surface area contributed by atoms with Crippen molar-refractivity contribution in [3.63, 3.8) is 0 Å². The van der Waals surface area contributed by atoms with Gasteiger partial charge in [0.25, 0.3) is 0 Å². The zero-order chi connectivity index (χ0) is 15.2. The fourth-order valence-corrected chi connectivity index (χ4v) is 2.67. The summed E-state index contributed by atoms with van der Waals surface area (Å²) in [5.74, 6) is 0.284. The van der Waals surface area contributed by atoms with E-state index in [1.54, 1.807) is 0 Å². The average Bonchev–Trinajstić information content (AvgIpc) is 2.47. The highest BCUT2D eigenvalue weighted by Gasteiger charge is 2.26. The van der Waals surface area contributed by atoms with E-state index in [1.165, 1.54) is 0 Å². The molecular weight excluding hydrogens is 272 g/mol. The van der Waals surface area contributed by atoms with Gasteiger partial charge < -0.3 is 24.8 Å². The molecule has 2 aliphatic rings. The summed E-state index contributed by atoms with van der Waals surface area (Å²) in [7, 11) is 3.77. The molecule has 0 aliphatic carbocycles. The molecule has 1 unspecified atom stereocenters. The molecule has 0 aromatic heterocycles. The molecule has 2 aliphatic heterocycles. The van der Waals surface area contributed by atoms with Crippen LogP contribution in [0.1, 0.15) is 6.42 Å². The van der Waals surface area contributed by atoms with Crippen LogP contribution >= 0.6 is 0 Å². The fraction of sp³-hybridized carbons (Fsp3) is 0.857. The van der Waals surface area contributed by atoms with Crippen LogP contribution in [0, 0.1) is 0 Å². The molecule has 0 aromatic rings. The smallest absolute Gasteiger partial charge is 0.236 e. The molecule has 120 valence electrons. The number of rotatable bonds is 4. The van der Waals surface area contributed by atoms with Crippen molar-refractivity contribution in [3.05, 3.63) is 0 Å². The van der Waals surface area contributed by atoms with Gasteiger partial charge >= 0.3 is 0 Å². The Morgan fingerprint density at radius 1 is 1.14 bits per heavy atom. The first-order valence-electron chi connectivity index (χ1n) is 7.57. The van der Waals surface area contributed by atoms with E-state index in [0.29, 0.717) is 45.8 Å². The third kappa shape index (κ3) is 4.94. The second kappa shape index (κ2) is 7.72. The minimum Gasteiger partial charge on any atom is -0.378 e. The van der Waals surface area contributed by atoms with E-state index < -0.39 is 0 Å². The summed E-state index contributed by atoms with van der Waals surface area (Å²) >= 11 is 0. The number of likely N-dealkylation sites (N-methyl/N-ethyl adjacent to an activating group) is 1.